The first-order valence-electron chi connectivity index (χ1n) is 7.36. The molecule has 0 spiro atoms. The van der Waals surface area contributed by atoms with Crippen molar-refractivity contribution < 1.29 is 9.59 Å². The molecule has 23 heavy (non-hydrogen) atoms. The molecule has 120 valence electrons. The normalized spacial score (nSPS) is 10.0. The number of carbonyl (C=O) groups is 2. The summed E-state index contributed by atoms with van der Waals surface area (Å²) in [6, 6.07) is 16.7. The maximum absolute atomic E-state index is 12.1. The monoisotopic (exact) mass is 311 g/mol. The smallest absolute Gasteiger partial charge is 0.236 e. The van der Waals surface area contributed by atoms with Gasteiger partial charge in [-0.3, -0.25) is 9.59 Å². The number of hydrogen-bond acceptors (Lipinski definition) is 3. The first-order valence-corrected chi connectivity index (χ1v) is 7.36. The van der Waals surface area contributed by atoms with Crippen LogP contribution in [0.15, 0.2) is 54.6 Å². The molecule has 2 aromatic carbocycles. The number of benzene rings is 2. The highest BCUT2D eigenvalue weighted by molar-refractivity contribution is 6.08. The van der Waals surface area contributed by atoms with Crippen LogP contribution in [-0.4, -0.2) is 33.0 Å². The van der Waals surface area contributed by atoms with E-state index in [0.717, 1.165) is 11.4 Å². The van der Waals surface area contributed by atoms with Crippen LogP contribution >= 0.6 is 0 Å². The number of amides is 2. The van der Waals surface area contributed by atoms with E-state index < -0.39 is 0 Å². The van der Waals surface area contributed by atoms with Crippen LogP contribution in [0.25, 0.3) is 0 Å². The van der Waals surface area contributed by atoms with Crippen molar-refractivity contribution in [1.29, 1.82) is 0 Å². The summed E-state index contributed by atoms with van der Waals surface area (Å²) in [5.41, 5.74) is 2.49. The second-order valence-electron chi connectivity index (χ2n) is 5.45. The number of hydrogen-bond donors (Lipinski definition) is 1. The van der Waals surface area contributed by atoms with Crippen molar-refractivity contribution in [3.8, 4) is 0 Å². The molecule has 0 unspecified atom stereocenters. The van der Waals surface area contributed by atoms with Gasteiger partial charge in [0.25, 0.3) is 0 Å². The van der Waals surface area contributed by atoms with Crippen molar-refractivity contribution in [2.75, 3.05) is 36.3 Å². The number of rotatable bonds is 5. The highest BCUT2D eigenvalue weighted by Crippen LogP contribution is 2.16. The Labute approximate surface area is 136 Å². The van der Waals surface area contributed by atoms with Crippen LogP contribution < -0.4 is 15.1 Å². The number of anilines is 3. The summed E-state index contributed by atoms with van der Waals surface area (Å²) in [7, 11) is 5.56. The molecule has 0 aliphatic carbocycles. The summed E-state index contributed by atoms with van der Waals surface area (Å²) in [5.74, 6) is -0.575. The van der Waals surface area contributed by atoms with Crippen LogP contribution in [0.1, 0.15) is 6.42 Å². The quantitative estimate of drug-likeness (QED) is 0.864. The Balaban J connectivity index is 1.92. The minimum absolute atomic E-state index is 0.194. The molecule has 2 aromatic rings. The van der Waals surface area contributed by atoms with Crippen LogP contribution in [0.2, 0.25) is 0 Å². The SMILES string of the molecule is CN(C)c1ccc(NC(=O)CC(=O)N(C)c2ccccc2)cc1. The largest absolute Gasteiger partial charge is 0.378 e. The Morgan fingerprint density at radius 3 is 2.04 bits per heavy atom. The van der Waals surface area contributed by atoms with Gasteiger partial charge in [-0.25, -0.2) is 0 Å². The average molecular weight is 311 g/mol. The van der Waals surface area contributed by atoms with E-state index in [-0.39, 0.29) is 18.2 Å². The fraction of sp³-hybridized carbons (Fsp3) is 0.222. The first kappa shape index (κ1) is 16.5. The van der Waals surface area contributed by atoms with Gasteiger partial charge < -0.3 is 15.1 Å². The molecule has 2 rings (SSSR count). The lowest BCUT2D eigenvalue weighted by Crippen LogP contribution is -2.30. The van der Waals surface area contributed by atoms with Crippen LogP contribution in [0.4, 0.5) is 17.1 Å². The van der Waals surface area contributed by atoms with Crippen molar-refractivity contribution in [3.05, 3.63) is 54.6 Å². The molecule has 0 saturated carbocycles. The van der Waals surface area contributed by atoms with Gasteiger partial charge in [-0.15, -0.1) is 0 Å². The third-order valence-electron chi connectivity index (χ3n) is 3.50. The van der Waals surface area contributed by atoms with E-state index in [1.165, 1.54) is 4.90 Å². The lowest BCUT2D eigenvalue weighted by atomic mass is 10.2. The van der Waals surface area contributed by atoms with Crippen molar-refractivity contribution in [2.45, 2.75) is 6.42 Å². The highest BCUT2D eigenvalue weighted by atomic mass is 16.2. The van der Waals surface area contributed by atoms with Gasteiger partial charge in [-0.1, -0.05) is 18.2 Å². The Kier molecular flexibility index (Phi) is 5.36. The zero-order valence-electron chi connectivity index (χ0n) is 13.6. The number of nitrogens with one attached hydrogen (secondary N) is 1. The third kappa shape index (κ3) is 4.57. The zero-order valence-corrected chi connectivity index (χ0v) is 13.6. The lowest BCUT2D eigenvalue weighted by Gasteiger charge is -2.17. The number of para-hydroxylation sites is 1. The van der Waals surface area contributed by atoms with Crippen molar-refractivity contribution in [2.24, 2.45) is 0 Å². The molecule has 2 amide bonds. The van der Waals surface area contributed by atoms with Gasteiger partial charge in [0, 0.05) is 38.2 Å². The van der Waals surface area contributed by atoms with Crippen LogP contribution in [0, 0.1) is 0 Å². The van der Waals surface area contributed by atoms with Gasteiger partial charge in [-0.05, 0) is 36.4 Å². The summed E-state index contributed by atoms with van der Waals surface area (Å²) < 4.78 is 0. The molecular formula is C18H21N3O2. The van der Waals surface area contributed by atoms with Gasteiger partial charge in [-0.2, -0.15) is 0 Å². The zero-order chi connectivity index (χ0) is 16.8. The summed E-state index contributed by atoms with van der Waals surface area (Å²) in [4.78, 5) is 27.6. The molecule has 0 bridgehead atoms. The number of nitrogens with zero attached hydrogens (tertiary/aromatic N) is 2. The molecule has 5 nitrogen and oxygen atoms in total. The number of carbonyl (C=O) groups excluding carboxylic acids is 2. The Bertz CT molecular complexity index is 666. The summed E-state index contributed by atoms with van der Waals surface area (Å²) in [6.45, 7) is 0. The second-order valence-corrected chi connectivity index (χ2v) is 5.45. The maximum atomic E-state index is 12.1. The molecule has 0 atom stereocenters. The Hall–Kier alpha value is -2.82. The minimum atomic E-state index is -0.324. The third-order valence-corrected chi connectivity index (χ3v) is 3.50. The molecular weight excluding hydrogens is 290 g/mol. The summed E-state index contributed by atoms with van der Waals surface area (Å²) >= 11 is 0. The van der Waals surface area contributed by atoms with Gasteiger partial charge in [0.05, 0.1) is 0 Å². The van der Waals surface area contributed by atoms with Crippen LogP contribution in [-0.2, 0) is 9.59 Å². The van der Waals surface area contributed by atoms with Crippen molar-refractivity contribution in [1.82, 2.24) is 0 Å². The van der Waals surface area contributed by atoms with Crippen molar-refractivity contribution in [3.63, 3.8) is 0 Å². The van der Waals surface area contributed by atoms with Crippen LogP contribution in [0.5, 0.6) is 0 Å². The fourth-order valence-electron chi connectivity index (χ4n) is 2.10. The predicted molar refractivity (Wildman–Crippen MR) is 93.9 cm³/mol. The van der Waals surface area contributed by atoms with Gasteiger partial charge in [0.2, 0.25) is 11.8 Å². The molecule has 0 fully saturated rings. The van der Waals surface area contributed by atoms with E-state index >= 15 is 0 Å². The van der Waals surface area contributed by atoms with Crippen LogP contribution in [0.3, 0.4) is 0 Å². The highest BCUT2D eigenvalue weighted by Gasteiger charge is 2.15. The first-order chi connectivity index (χ1) is 11.0. The second kappa shape index (κ2) is 7.45. The van der Waals surface area contributed by atoms with E-state index in [2.05, 4.69) is 5.32 Å². The fourth-order valence-corrected chi connectivity index (χ4v) is 2.10. The average Bonchev–Trinajstić information content (AvgIpc) is 2.55. The Morgan fingerprint density at radius 1 is 0.870 bits per heavy atom. The van der Waals surface area contributed by atoms with E-state index in [1.807, 2.05) is 73.6 Å². The predicted octanol–water partition coefficient (Wildman–Crippen LogP) is 2.74. The molecule has 0 aliphatic heterocycles. The van der Waals surface area contributed by atoms with E-state index in [1.54, 1.807) is 7.05 Å². The van der Waals surface area contributed by atoms with Gasteiger partial charge in [0.1, 0.15) is 6.42 Å². The lowest BCUT2D eigenvalue weighted by molar-refractivity contribution is -0.125. The molecule has 0 aromatic heterocycles. The Morgan fingerprint density at radius 2 is 1.48 bits per heavy atom. The molecule has 0 aliphatic rings. The molecule has 0 radical (unpaired) electrons. The summed E-state index contributed by atoms with van der Waals surface area (Å²) in [6.07, 6.45) is -0.194. The maximum Gasteiger partial charge on any atom is 0.236 e. The standard InChI is InChI=1S/C18H21N3O2/c1-20(2)15-11-9-14(10-12-15)19-17(22)13-18(23)21(3)16-7-5-4-6-8-16/h4-12H,13H2,1-3H3,(H,19,22). The van der Waals surface area contributed by atoms with Gasteiger partial charge >= 0.3 is 0 Å². The topological polar surface area (TPSA) is 52.7 Å². The van der Waals surface area contributed by atoms with E-state index in [0.29, 0.717) is 5.69 Å². The van der Waals surface area contributed by atoms with E-state index in [4.69, 9.17) is 0 Å². The van der Waals surface area contributed by atoms with Gasteiger partial charge in [0.15, 0.2) is 0 Å². The summed E-state index contributed by atoms with van der Waals surface area (Å²) in [5, 5.41) is 2.74. The molecule has 5 heteroatoms. The molecule has 0 saturated heterocycles. The van der Waals surface area contributed by atoms with E-state index in [9.17, 15) is 9.59 Å². The molecule has 1 N–H and O–H groups in total. The van der Waals surface area contributed by atoms with Crippen molar-refractivity contribution >= 4 is 28.9 Å². The minimum Gasteiger partial charge on any atom is -0.378 e. The molecule has 0 heterocycles.